The second-order valence-corrected chi connectivity index (χ2v) is 5.91. The molecule has 26 heavy (non-hydrogen) atoms. The minimum Gasteiger partial charge on any atom is -0.365 e. The number of nitrogens with one attached hydrogen (secondary N) is 1. The number of benzene rings is 2. The summed E-state index contributed by atoms with van der Waals surface area (Å²) in [5.41, 5.74) is 2.26. The zero-order valence-electron chi connectivity index (χ0n) is 14.4. The summed E-state index contributed by atoms with van der Waals surface area (Å²) in [6.45, 7) is 1.00. The molecule has 3 aromatic rings. The van der Waals surface area contributed by atoms with Gasteiger partial charge in [0.2, 0.25) is 0 Å². The Hall–Kier alpha value is -3.28. The van der Waals surface area contributed by atoms with Crippen molar-refractivity contribution in [3.63, 3.8) is 0 Å². The highest BCUT2D eigenvalue weighted by Gasteiger charge is 2.14. The average Bonchev–Trinajstić information content (AvgIpc) is 2.68. The van der Waals surface area contributed by atoms with Crippen LogP contribution in [-0.4, -0.2) is 27.8 Å². The molecule has 0 bridgehead atoms. The number of halogens is 1. The van der Waals surface area contributed by atoms with E-state index >= 15 is 0 Å². The molecule has 0 fully saturated rings. The molecular weight excluding hydrogens is 331 g/mol. The van der Waals surface area contributed by atoms with Crippen LogP contribution in [0.5, 0.6) is 0 Å². The van der Waals surface area contributed by atoms with E-state index in [0.29, 0.717) is 18.9 Å². The standard InChI is InChI=1S/C20H19FN4O/c1-25(14-16-5-3-2-4-6-16)20(26)18-12-24-19(13-22-18)23-11-15-7-9-17(21)10-8-15/h2-10,12-13H,11,14H2,1H3,(H,23,24). The molecule has 0 aliphatic rings. The average molecular weight is 350 g/mol. The first-order valence-corrected chi connectivity index (χ1v) is 8.21. The van der Waals surface area contributed by atoms with Crippen molar-refractivity contribution in [2.45, 2.75) is 13.1 Å². The van der Waals surface area contributed by atoms with Crippen molar-refractivity contribution in [3.05, 3.63) is 89.6 Å². The molecule has 0 atom stereocenters. The van der Waals surface area contributed by atoms with Crippen molar-refractivity contribution in [1.29, 1.82) is 0 Å². The molecule has 1 N–H and O–H groups in total. The Labute approximate surface area is 151 Å². The zero-order valence-corrected chi connectivity index (χ0v) is 14.4. The van der Waals surface area contributed by atoms with Gasteiger partial charge < -0.3 is 10.2 Å². The number of carbonyl (C=O) groups is 1. The van der Waals surface area contributed by atoms with E-state index in [2.05, 4.69) is 15.3 Å². The highest BCUT2D eigenvalue weighted by molar-refractivity contribution is 5.91. The number of aromatic nitrogens is 2. The van der Waals surface area contributed by atoms with Crippen LogP contribution in [0.2, 0.25) is 0 Å². The Morgan fingerprint density at radius 3 is 2.38 bits per heavy atom. The number of hydrogen-bond donors (Lipinski definition) is 1. The Morgan fingerprint density at radius 2 is 1.73 bits per heavy atom. The Bertz CT molecular complexity index is 851. The highest BCUT2D eigenvalue weighted by atomic mass is 19.1. The van der Waals surface area contributed by atoms with Crippen molar-refractivity contribution in [2.24, 2.45) is 0 Å². The Morgan fingerprint density at radius 1 is 1.00 bits per heavy atom. The van der Waals surface area contributed by atoms with Crippen LogP contribution in [-0.2, 0) is 13.1 Å². The van der Waals surface area contributed by atoms with E-state index in [-0.39, 0.29) is 17.4 Å². The van der Waals surface area contributed by atoms with Gasteiger partial charge in [0.1, 0.15) is 17.3 Å². The van der Waals surface area contributed by atoms with Gasteiger partial charge >= 0.3 is 0 Å². The normalized spacial score (nSPS) is 10.4. The molecule has 1 aromatic heterocycles. The lowest BCUT2D eigenvalue weighted by Crippen LogP contribution is -2.27. The van der Waals surface area contributed by atoms with Gasteiger partial charge in [-0.1, -0.05) is 42.5 Å². The highest BCUT2D eigenvalue weighted by Crippen LogP contribution is 2.09. The number of nitrogens with zero attached hydrogens (tertiary/aromatic N) is 3. The van der Waals surface area contributed by atoms with E-state index in [1.165, 1.54) is 24.5 Å². The molecule has 0 radical (unpaired) electrons. The van der Waals surface area contributed by atoms with Crippen molar-refractivity contribution in [3.8, 4) is 0 Å². The summed E-state index contributed by atoms with van der Waals surface area (Å²) in [6.07, 6.45) is 2.98. The summed E-state index contributed by atoms with van der Waals surface area (Å²) in [4.78, 5) is 22.5. The third-order valence-corrected chi connectivity index (χ3v) is 3.87. The number of amides is 1. The maximum absolute atomic E-state index is 12.9. The van der Waals surface area contributed by atoms with Gasteiger partial charge in [0.15, 0.2) is 0 Å². The van der Waals surface area contributed by atoms with Gasteiger partial charge in [-0.05, 0) is 23.3 Å². The molecular formula is C20H19FN4O. The molecule has 0 unspecified atom stereocenters. The predicted molar refractivity (Wildman–Crippen MR) is 98.0 cm³/mol. The summed E-state index contributed by atoms with van der Waals surface area (Å²) < 4.78 is 12.9. The molecule has 1 amide bonds. The van der Waals surface area contributed by atoms with Gasteiger partial charge in [-0.25, -0.2) is 14.4 Å². The molecule has 0 saturated carbocycles. The molecule has 0 spiro atoms. The quantitative estimate of drug-likeness (QED) is 0.739. The van der Waals surface area contributed by atoms with Gasteiger partial charge in [0.25, 0.3) is 5.91 Å². The fourth-order valence-electron chi connectivity index (χ4n) is 2.45. The van der Waals surface area contributed by atoms with E-state index in [1.807, 2.05) is 30.3 Å². The van der Waals surface area contributed by atoms with Crippen molar-refractivity contribution >= 4 is 11.7 Å². The maximum atomic E-state index is 12.9. The molecule has 6 heteroatoms. The summed E-state index contributed by atoms with van der Waals surface area (Å²) in [7, 11) is 1.73. The van der Waals surface area contributed by atoms with Gasteiger partial charge in [-0.2, -0.15) is 0 Å². The van der Waals surface area contributed by atoms with Gasteiger partial charge in [0.05, 0.1) is 12.4 Å². The molecule has 0 saturated heterocycles. The topological polar surface area (TPSA) is 58.1 Å². The fraction of sp³-hybridized carbons (Fsp3) is 0.150. The molecule has 132 valence electrons. The largest absolute Gasteiger partial charge is 0.365 e. The van der Waals surface area contributed by atoms with Crippen molar-refractivity contribution in [2.75, 3.05) is 12.4 Å². The van der Waals surface area contributed by atoms with E-state index in [4.69, 9.17) is 0 Å². The van der Waals surface area contributed by atoms with Crippen LogP contribution >= 0.6 is 0 Å². The third-order valence-electron chi connectivity index (χ3n) is 3.87. The number of hydrogen-bond acceptors (Lipinski definition) is 4. The van der Waals surface area contributed by atoms with Gasteiger partial charge in [0, 0.05) is 20.1 Å². The Kier molecular flexibility index (Phi) is 5.53. The lowest BCUT2D eigenvalue weighted by molar-refractivity contribution is 0.0779. The minimum absolute atomic E-state index is 0.188. The summed E-state index contributed by atoms with van der Waals surface area (Å²) >= 11 is 0. The van der Waals surface area contributed by atoms with E-state index in [9.17, 15) is 9.18 Å². The monoisotopic (exact) mass is 350 g/mol. The molecule has 3 rings (SSSR count). The van der Waals surface area contributed by atoms with Crippen LogP contribution in [0.15, 0.2) is 67.0 Å². The van der Waals surface area contributed by atoms with Crippen LogP contribution in [0.1, 0.15) is 21.6 Å². The number of anilines is 1. The third kappa shape index (κ3) is 4.63. The van der Waals surface area contributed by atoms with Crippen LogP contribution in [0.25, 0.3) is 0 Å². The summed E-state index contributed by atoms with van der Waals surface area (Å²) in [5, 5.41) is 3.09. The first-order valence-electron chi connectivity index (χ1n) is 8.21. The second-order valence-electron chi connectivity index (χ2n) is 5.91. The minimum atomic E-state index is -0.268. The van der Waals surface area contributed by atoms with E-state index < -0.39 is 0 Å². The molecule has 1 heterocycles. The molecule has 0 aliphatic heterocycles. The van der Waals surface area contributed by atoms with E-state index in [1.54, 1.807) is 24.1 Å². The zero-order chi connectivity index (χ0) is 18.4. The number of carbonyl (C=O) groups excluding carboxylic acids is 1. The summed E-state index contributed by atoms with van der Waals surface area (Å²) in [5.74, 6) is 0.0963. The fourth-order valence-corrected chi connectivity index (χ4v) is 2.45. The van der Waals surface area contributed by atoms with Crippen LogP contribution in [0, 0.1) is 5.82 Å². The Balaban J connectivity index is 1.57. The van der Waals surface area contributed by atoms with Gasteiger partial charge in [-0.3, -0.25) is 4.79 Å². The van der Waals surface area contributed by atoms with Crippen LogP contribution in [0.4, 0.5) is 10.2 Å². The predicted octanol–water partition coefficient (Wildman–Crippen LogP) is 3.50. The van der Waals surface area contributed by atoms with Gasteiger partial charge in [-0.15, -0.1) is 0 Å². The summed E-state index contributed by atoms with van der Waals surface area (Å²) in [6, 6.07) is 16.0. The first-order chi connectivity index (χ1) is 12.6. The maximum Gasteiger partial charge on any atom is 0.274 e. The molecule has 5 nitrogen and oxygen atoms in total. The van der Waals surface area contributed by atoms with Crippen molar-refractivity contribution < 1.29 is 9.18 Å². The van der Waals surface area contributed by atoms with Crippen molar-refractivity contribution in [1.82, 2.24) is 14.9 Å². The number of rotatable bonds is 6. The smallest absolute Gasteiger partial charge is 0.274 e. The van der Waals surface area contributed by atoms with Crippen LogP contribution < -0.4 is 5.32 Å². The first kappa shape index (κ1) is 17.5. The molecule has 2 aromatic carbocycles. The lowest BCUT2D eigenvalue weighted by Gasteiger charge is -2.16. The second kappa shape index (κ2) is 8.20. The SMILES string of the molecule is CN(Cc1ccccc1)C(=O)c1cnc(NCc2ccc(F)cc2)cn1. The molecule has 0 aliphatic carbocycles. The van der Waals surface area contributed by atoms with E-state index in [0.717, 1.165) is 11.1 Å². The lowest BCUT2D eigenvalue weighted by atomic mass is 10.2. The van der Waals surface area contributed by atoms with Crippen LogP contribution in [0.3, 0.4) is 0 Å².